The van der Waals surface area contributed by atoms with E-state index in [4.69, 9.17) is 4.74 Å². The van der Waals surface area contributed by atoms with Gasteiger partial charge in [-0.15, -0.1) is 0 Å². The molecular weight excluding hydrogens is 300 g/mol. The van der Waals surface area contributed by atoms with Crippen molar-refractivity contribution in [2.45, 2.75) is 6.54 Å². The highest BCUT2D eigenvalue weighted by Gasteiger charge is 1.99. The van der Waals surface area contributed by atoms with Crippen LogP contribution in [0.3, 0.4) is 0 Å². The average Bonchev–Trinajstić information content (AvgIpc) is 2.65. The van der Waals surface area contributed by atoms with Crippen molar-refractivity contribution < 1.29 is 9.53 Å². The molecule has 0 spiro atoms. The summed E-state index contributed by atoms with van der Waals surface area (Å²) in [5, 5.41) is 3.92. The third-order valence-corrected chi connectivity index (χ3v) is 3.68. The lowest BCUT2D eigenvalue weighted by molar-refractivity contribution is -0.116. The van der Waals surface area contributed by atoms with Crippen molar-refractivity contribution in [2.75, 3.05) is 7.11 Å². The summed E-state index contributed by atoms with van der Waals surface area (Å²) in [6, 6.07) is 17.4. The second-order valence-electron chi connectivity index (χ2n) is 5.35. The summed E-state index contributed by atoms with van der Waals surface area (Å²) in [4.78, 5) is 16.2. The molecule has 0 fully saturated rings. The predicted molar refractivity (Wildman–Crippen MR) is 95.6 cm³/mol. The van der Waals surface area contributed by atoms with E-state index < -0.39 is 0 Å². The number of carbonyl (C=O) groups is 1. The quantitative estimate of drug-likeness (QED) is 0.732. The van der Waals surface area contributed by atoms with Gasteiger partial charge >= 0.3 is 0 Å². The van der Waals surface area contributed by atoms with E-state index in [9.17, 15) is 4.79 Å². The van der Waals surface area contributed by atoms with E-state index in [-0.39, 0.29) is 5.91 Å². The molecule has 3 aromatic rings. The number of benzene rings is 2. The van der Waals surface area contributed by atoms with Gasteiger partial charge in [0.15, 0.2) is 0 Å². The largest absolute Gasteiger partial charge is 0.497 e. The number of amides is 1. The molecule has 0 unspecified atom stereocenters. The van der Waals surface area contributed by atoms with Crippen molar-refractivity contribution in [2.24, 2.45) is 0 Å². The van der Waals surface area contributed by atoms with Crippen LogP contribution in [0.15, 0.2) is 66.9 Å². The third kappa shape index (κ3) is 3.98. The maximum Gasteiger partial charge on any atom is 0.244 e. The van der Waals surface area contributed by atoms with Gasteiger partial charge in [0.1, 0.15) is 5.75 Å². The van der Waals surface area contributed by atoms with Crippen molar-refractivity contribution in [1.82, 2.24) is 10.3 Å². The summed E-state index contributed by atoms with van der Waals surface area (Å²) < 4.78 is 5.11. The van der Waals surface area contributed by atoms with Gasteiger partial charge in [0.2, 0.25) is 5.91 Å². The van der Waals surface area contributed by atoms with Crippen LogP contribution in [-0.4, -0.2) is 18.0 Å². The fourth-order valence-corrected chi connectivity index (χ4v) is 2.36. The van der Waals surface area contributed by atoms with Crippen LogP contribution >= 0.6 is 0 Å². The molecule has 2 aromatic carbocycles. The average molecular weight is 318 g/mol. The standard InChI is InChI=1S/C20H18N2O2/c1-24-18-8-4-16(5-9-18)14-22-20(23)11-7-15-6-10-19-17(13-15)3-2-12-21-19/h2-13H,14H2,1H3,(H,22,23)/b11-7+. The number of rotatable bonds is 5. The first-order chi connectivity index (χ1) is 11.7. The molecule has 3 rings (SSSR count). The SMILES string of the molecule is COc1ccc(CNC(=O)/C=C/c2ccc3ncccc3c2)cc1. The van der Waals surface area contributed by atoms with Gasteiger partial charge in [0, 0.05) is 24.2 Å². The number of pyridine rings is 1. The maximum atomic E-state index is 11.9. The Balaban J connectivity index is 1.59. The number of nitrogens with zero attached hydrogens (tertiary/aromatic N) is 1. The number of ether oxygens (including phenoxy) is 1. The monoisotopic (exact) mass is 318 g/mol. The zero-order chi connectivity index (χ0) is 16.8. The Morgan fingerprint density at radius 3 is 2.79 bits per heavy atom. The van der Waals surface area contributed by atoms with Crippen molar-refractivity contribution in [3.8, 4) is 5.75 Å². The summed E-state index contributed by atoms with van der Waals surface area (Å²) in [5.74, 6) is 0.674. The van der Waals surface area contributed by atoms with Crippen LogP contribution in [0.5, 0.6) is 5.75 Å². The first-order valence-corrected chi connectivity index (χ1v) is 7.68. The van der Waals surface area contributed by atoms with Crippen LogP contribution in [0.4, 0.5) is 0 Å². The van der Waals surface area contributed by atoms with Crippen molar-refractivity contribution in [1.29, 1.82) is 0 Å². The van der Waals surface area contributed by atoms with Gasteiger partial charge in [0.05, 0.1) is 12.6 Å². The minimum absolute atomic E-state index is 0.128. The van der Waals surface area contributed by atoms with Gasteiger partial charge in [-0.05, 0) is 47.5 Å². The van der Waals surface area contributed by atoms with Crippen molar-refractivity contribution in [3.05, 3.63) is 78.0 Å². The first kappa shape index (κ1) is 15.7. The van der Waals surface area contributed by atoms with E-state index in [0.717, 1.165) is 27.8 Å². The second-order valence-corrected chi connectivity index (χ2v) is 5.35. The van der Waals surface area contributed by atoms with Gasteiger partial charge in [-0.2, -0.15) is 0 Å². The van der Waals surface area contributed by atoms with Crippen LogP contribution in [0.1, 0.15) is 11.1 Å². The molecule has 0 saturated heterocycles. The minimum atomic E-state index is -0.128. The maximum absolute atomic E-state index is 11.9. The third-order valence-electron chi connectivity index (χ3n) is 3.68. The van der Waals surface area contributed by atoms with Crippen LogP contribution in [0, 0.1) is 0 Å². The first-order valence-electron chi connectivity index (χ1n) is 7.68. The molecule has 4 nitrogen and oxygen atoms in total. The molecule has 4 heteroatoms. The molecule has 0 saturated carbocycles. The predicted octanol–water partition coefficient (Wildman–Crippen LogP) is 3.57. The van der Waals surface area contributed by atoms with E-state index in [1.165, 1.54) is 0 Å². The number of hydrogen-bond acceptors (Lipinski definition) is 3. The van der Waals surface area contributed by atoms with E-state index in [0.29, 0.717) is 6.54 Å². The Kier molecular flexibility index (Phi) is 4.87. The normalized spacial score (nSPS) is 10.9. The smallest absolute Gasteiger partial charge is 0.244 e. The van der Waals surface area contributed by atoms with E-state index >= 15 is 0 Å². The lowest BCUT2D eigenvalue weighted by atomic mass is 10.1. The van der Waals surface area contributed by atoms with Gasteiger partial charge < -0.3 is 10.1 Å². The Bertz CT molecular complexity index is 870. The fourth-order valence-electron chi connectivity index (χ4n) is 2.36. The van der Waals surface area contributed by atoms with Crippen LogP contribution in [0.25, 0.3) is 17.0 Å². The molecule has 0 atom stereocenters. The van der Waals surface area contributed by atoms with Crippen LogP contribution in [-0.2, 0) is 11.3 Å². The number of carbonyl (C=O) groups excluding carboxylic acids is 1. The number of methoxy groups -OCH3 is 1. The lowest BCUT2D eigenvalue weighted by Crippen LogP contribution is -2.20. The molecule has 1 amide bonds. The summed E-state index contributed by atoms with van der Waals surface area (Å²) in [6.45, 7) is 0.481. The minimum Gasteiger partial charge on any atom is -0.497 e. The molecule has 0 aliphatic carbocycles. The Hall–Kier alpha value is -3.14. The molecule has 0 aliphatic rings. The summed E-state index contributed by atoms with van der Waals surface area (Å²) in [6.07, 6.45) is 5.11. The van der Waals surface area contributed by atoms with E-state index in [2.05, 4.69) is 10.3 Å². The zero-order valence-electron chi connectivity index (χ0n) is 13.4. The molecule has 0 radical (unpaired) electrons. The van der Waals surface area contributed by atoms with Gasteiger partial charge in [-0.1, -0.05) is 24.3 Å². The number of nitrogens with one attached hydrogen (secondary N) is 1. The highest BCUT2D eigenvalue weighted by Crippen LogP contribution is 2.14. The molecule has 120 valence electrons. The number of fused-ring (bicyclic) bond motifs is 1. The number of aromatic nitrogens is 1. The summed E-state index contributed by atoms with van der Waals surface area (Å²) in [7, 11) is 1.63. The van der Waals surface area contributed by atoms with E-state index in [1.54, 1.807) is 25.5 Å². The molecule has 0 bridgehead atoms. The second kappa shape index (κ2) is 7.42. The molecule has 24 heavy (non-hydrogen) atoms. The highest BCUT2D eigenvalue weighted by molar-refractivity contribution is 5.92. The topological polar surface area (TPSA) is 51.2 Å². The van der Waals surface area contributed by atoms with Gasteiger partial charge in [-0.25, -0.2) is 0 Å². The van der Waals surface area contributed by atoms with Crippen LogP contribution < -0.4 is 10.1 Å². The highest BCUT2D eigenvalue weighted by atomic mass is 16.5. The van der Waals surface area contributed by atoms with Gasteiger partial charge in [0.25, 0.3) is 0 Å². The molecule has 1 aromatic heterocycles. The Labute approximate surface area is 140 Å². The van der Waals surface area contributed by atoms with Crippen LogP contribution in [0.2, 0.25) is 0 Å². The van der Waals surface area contributed by atoms with Crippen molar-refractivity contribution in [3.63, 3.8) is 0 Å². The summed E-state index contributed by atoms with van der Waals surface area (Å²) >= 11 is 0. The molecular formula is C20H18N2O2. The molecule has 0 aliphatic heterocycles. The van der Waals surface area contributed by atoms with E-state index in [1.807, 2.05) is 54.6 Å². The van der Waals surface area contributed by atoms with Gasteiger partial charge in [-0.3, -0.25) is 9.78 Å². The Morgan fingerprint density at radius 2 is 2.00 bits per heavy atom. The summed E-state index contributed by atoms with van der Waals surface area (Å²) in [5.41, 5.74) is 2.93. The zero-order valence-corrected chi connectivity index (χ0v) is 13.4. The number of hydrogen-bond donors (Lipinski definition) is 1. The van der Waals surface area contributed by atoms with Crippen molar-refractivity contribution >= 4 is 22.9 Å². The molecule has 1 heterocycles. The molecule has 1 N–H and O–H groups in total. The lowest BCUT2D eigenvalue weighted by Gasteiger charge is -2.04. The fraction of sp³-hybridized carbons (Fsp3) is 0.100. The Morgan fingerprint density at radius 1 is 1.17 bits per heavy atom.